The largest absolute Gasteiger partial charge is 0.504 e. The number of methoxy groups -OCH3 is 1. The molecule has 0 aliphatic heterocycles. The number of phenols is 1. The summed E-state index contributed by atoms with van der Waals surface area (Å²) in [6.07, 6.45) is 1.33. The van der Waals surface area contributed by atoms with Crippen molar-refractivity contribution in [2.24, 2.45) is 5.10 Å². The van der Waals surface area contributed by atoms with Crippen molar-refractivity contribution in [2.45, 2.75) is 18.6 Å². The van der Waals surface area contributed by atoms with Crippen LogP contribution in [0.3, 0.4) is 0 Å². The molecule has 39 heavy (non-hydrogen) atoms. The Bertz CT molecular complexity index is 1530. The zero-order chi connectivity index (χ0) is 27.9. The SMILES string of the molecule is COc1cc(Br)cc(/C=N/NC(=O)CSc2nnc(CNc3cccc(C)c3)n2-c2ccc(Cl)cc2Cl)c1O. The zero-order valence-electron chi connectivity index (χ0n) is 20.8. The third kappa shape index (κ3) is 7.45. The van der Waals surface area contributed by atoms with Crippen LogP contribution in [-0.2, 0) is 11.3 Å². The molecule has 0 radical (unpaired) electrons. The Labute approximate surface area is 247 Å². The molecule has 4 rings (SSSR count). The first-order chi connectivity index (χ1) is 18.7. The fourth-order valence-electron chi connectivity index (χ4n) is 3.53. The number of rotatable bonds is 10. The van der Waals surface area contributed by atoms with Crippen LogP contribution in [0, 0.1) is 6.92 Å². The van der Waals surface area contributed by atoms with Crippen molar-refractivity contribution in [1.29, 1.82) is 0 Å². The van der Waals surface area contributed by atoms with Gasteiger partial charge >= 0.3 is 0 Å². The summed E-state index contributed by atoms with van der Waals surface area (Å²) >= 11 is 17.1. The lowest BCUT2D eigenvalue weighted by Gasteiger charge is -2.13. The molecule has 0 unspecified atom stereocenters. The van der Waals surface area contributed by atoms with Crippen LogP contribution in [0.25, 0.3) is 5.69 Å². The highest BCUT2D eigenvalue weighted by atomic mass is 79.9. The molecular formula is C26H23BrCl2N6O3S. The van der Waals surface area contributed by atoms with E-state index in [-0.39, 0.29) is 23.2 Å². The summed E-state index contributed by atoms with van der Waals surface area (Å²) in [4.78, 5) is 12.5. The Balaban J connectivity index is 1.49. The first-order valence-electron chi connectivity index (χ1n) is 11.5. The zero-order valence-corrected chi connectivity index (χ0v) is 24.7. The van der Waals surface area contributed by atoms with Crippen LogP contribution in [0.1, 0.15) is 17.0 Å². The number of nitrogens with zero attached hydrogens (tertiary/aromatic N) is 4. The van der Waals surface area contributed by atoms with Gasteiger partial charge in [0, 0.05) is 20.7 Å². The van der Waals surface area contributed by atoms with Gasteiger partial charge in [0.25, 0.3) is 5.91 Å². The lowest BCUT2D eigenvalue weighted by molar-refractivity contribution is -0.118. The number of aromatic hydroxyl groups is 1. The number of hydrogen-bond acceptors (Lipinski definition) is 8. The van der Waals surface area contributed by atoms with Gasteiger partial charge in [-0.15, -0.1) is 10.2 Å². The number of carbonyl (C=O) groups excluding carboxylic acids is 1. The number of thioether (sulfide) groups is 1. The van der Waals surface area contributed by atoms with E-state index in [2.05, 4.69) is 42.0 Å². The average molecular weight is 650 g/mol. The number of carbonyl (C=O) groups is 1. The van der Waals surface area contributed by atoms with Crippen LogP contribution in [-0.4, -0.2) is 44.9 Å². The van der Waals surface area contributed by atoms with Crippen molar-refractivity contribution in [2.75, 3.05) is 18.2 Å². The van der Waals surface area contributed by atoms with Crippen LogP contribution in [0.15, 0.2) is 69.3 Å². The Morgan fingerprint density at radius 3 is 2.77 bits per heavy atom. The highest BCUT2D eigenvalue weighted by Crippen LogP contribution is 2.33. The predicted octanol–water partition coefficient (Wildman–Crippen LogP) is 6.21. The van der Waals surface area contributed by atoms with E-state index in [4.69, 9.17) is 27.9 Å². The summed E-state index contributed by atoms with van der Waals surface area (Å²) in [5.74, 6) is 0.405. The molecule has 202 valence electrons. The van der Waals surface area contributed by atoms with E-state index in [1.165, 1.54) is 25.1 Å². The van der Waals surface area contributed by atoms with Crippen LogP contribution >= 0.6 is 50.9 Å². The molecule has 1 heterocycles. The van der Waals surface area contributed by atoms with E-state index < -0.39 is 0 Å². The predicted molar refractivity (Wildman–Crippen MR) is 159 cm³/mol. The van der Waals surface area contributed by atoms with Crippen molar-refractivity contribution in [3.05, 3.63) is 86.1 Å². The summed E-state index contributed by atoms with van der Waals surface area (Å²) in [6, 6.07) is 16.4. The standard InChI is InChI=1S/C26H23BrCl2N6O3S/c1-15-4-3-5-19(8-15)30-13-23-32-34-26(35(23)21-7-6-18(28)11-20(21)29)39-14-24(36)33-31-12-16-9-17(27)10-22(38-2)25(16)37/h3-12,30,37H,13-14H2,1-2H3,(H,33,36)/b31-12+. The summed E-state index contributed by atoms with van der Waals surface area (Å²) in [7, 11) is 1.45. The van der Waals surface area contributed by atoms with Gasteiger partial charge in [0.15, 0.2) is 22.5 Å². The van der Waals surface area contributed by atoms with Gasteiger partial charge in [-0.25, -0.2) is 5.43 Å². The van der Waals surface area contributed by atoms with Gasteiger partial charge in [0.1, 0.15) is 0 Å². The van der Waals surface area contributed by atoms with Crippen molar-refractivity contribution in [1.82, 2.24) is 20.2 Å². The number of ether oxygens (including phenoxy) is 1. The second kappa shape index (κ2) is 13.2. The van der Waals surface area contributed by atoms with Crippen molar-refractivity contribution >= 4 is 68.7 Å². The Morgan fingerprint density at radius 1 is 1.21 bits per heavy atom. The first-order valence-corrected chi connectivity index (χ1v) is 14.0. The third-order valence-electron chi connectivity index (χ3n) is 5.33. The Kier molecular flexibility index (Phi) is 9.73. The molecule has 0 atom stereocenters. The van der Waals surface area contributed by atoms with E-state index in [1.807, 2.05) is 31.2 Å². The van der Waals surface area contributed by atoms with Gasteiger partial charge in [-0.1, -0.05) is 63.0 Å². The van der Waals surface area contributed by atoms with E-state index in [9.17, 15) is 9.90 Å². The smallest absolute Gasteiger partial charge is 0.250 e. The molecule has 0 fully saturated rings. The quantitative estimate of drug-likeness (QED) is 0.106. The number of aromatic nitrogens is 3. The van der Waals surface area contributed by atoms with Gasteiger partial charge in [-0.05, 0) is 55.0 Å². The number of nitrogens with one attached hydrogen (secondary N) is 2. The highest BCUT2D eigenvalue weighted by molar-refractivity contribution is 9.10. The molecule has 0 saturated carbocycles. The summed E-state index contributed by atoms with van der Waals surface area (Å²) in [6.45, 7) is 2.38. The van der Waals surface area contributed by atoms with Gasteiger partial charge in [0.2, 0.25) is 0 Å². The maximum absolute atomic E-state index is 12.5. The molecule has 0 bridgehead atoms. The molecule has 0 aliphatic rings. The topological polar surface area (TPSA) is 114 Å². The van der Waals surface area contributed by atoms with Crippen molar-refractivity contribution in [3.8, 4) is 17.2 Å². The molecule has 1 aromatic heterocycles. The maximum Gasteiger partial charge on any atom is 0.250 e. The van der Waals surface area contributed by atoms with Crippen molar-refractivity contribution < 1.29 is 14.6 Å². The number of amides is 1. The molecule has 3 N–H and O–H groups in total. The summed E-state index contributed by atoms with van der Waals surface area (Å²) in [5.41, 5.74) is 5.52. The second-order valence-corrected chi connectivity index (χ2v) is 10.9. The average Bonchev–Trinajstić information content (AvgIpc) is 3.30. The molecule has 0 aliphatic carbocycles. The first kappa shape index (κ1) is 28.8. The van der Waals surface area contributed by atoms with E-state index in [0.29, 0.717) is 43.3 Å². The fraction of sp³-hybridized carbons (Fsp3) is 0.154. The molecule has 0 spiro atoms. The molecule has 0 saturated heterocycles. The molecule has 4 aromatic rings. The van der Waals surface area contributed by atoms with E-state index >= 15 is 0 Å². The summed E-state index contributed by atoms with van der Waals surface area (Å²) in [5, 5.41) is 27.6. The minimum absolute atomic E-state index is 0.000220. The van der Waals surface area contributed by atoms with Gasteiger partial charge in [0.05, 0.1) is 36.3 Å². The lowest BCUT2D eigenvalue weighted by atomic mass is 10.2. The molecule has 13 heteroatoms. The van der Waals surface area contributed by atoms with Gasteiger partial charge < -0.3 is 15.2 Å². The normalized spacial score (nSPS) is 11.1. The van der Waals surface area contributed by atoms with Crippen LogP contribution in [0.5, 0.6) is 11.5 Å². The minimum atomic E-state index is -0.381. The molecular weight excluding hydrogens is 627 g/mol. The number of hydrazone groups is 1. The number of anilines is 1. The molecule has 1 amide bonds. The highest BCUT2D eigenvalue weighted by Gasteiger charge is 2.18. The molecule has 3 aromatic carbocycles. The summed E-state index contributed by atoms with van der Waals surface area (Å²) < 4.78 is 7.60. The monoisotopic (exact) mass is 648 g/mol. The Morgan fingerprint density at radius 2 is 2.03 bits per heavy atom. The Hall–Kier alpha value is -3.25. The number of aryl methyl sites for hydroxylation is 1. The van der Waals surface area contributed by atoms with E-state index in [0.717, 1.165) is 11.3 Å². The number of hydrogen-bond donors (Lipinski definition) is 3. The van der Waals surface area contributed by atoms with Gasteiger partial charge in [-0.3, -0.25) is 9.36 Å². The number of halogens is 3. The number of phenolic OH excluding ortho intramolecular Hbond substituents is 1. The van der Waals surface area contributed by atoms with Gasteiger partial charge in [-0.2, -0.15) is 5.10 Å². The maximum atomic E-state index is 12.5. The molecule has 9 nitrogen and oxygen atoms in total. The van der Waals surface area contributed by atoms with Crippen molar-refractivity contribution in [3.63, 3.8) is 0 Å². The van der Waals surface area contributed by atoms with E-state index in [1.54, 1.807) is 34.9 Å². The fourth-order valence-corrected chi connectivity index (χ4v) is 5.24. The van der Waals surface area contributed by atoms with Crippen LogP contribution < -0.4 is 15.5 Å². The van der Waals surface area contributed by atoms with Crippen LogP contribution in [0.2, 0.25) is 10.0 Å². The second-order valence-electron chi connectivity index (χ2n) is 8.18. The third-order valence-corrected chi connectivity index (χ3v) is 7.26. The minimum Gasteiger partial charge on any atom is -0.504 e. The lowest BCUT2D eigenvalue weighted by Crippen LogP contribution is -2.20. The van der Waals surface area contributed by atoms with Crippen LogP contribution in [0.4, 0.5) is 5.69 Å². The number of benzene rings is 3.